The summed E-state index contributed by atoms with van der Waals surface area (Å²) in [6, 6.07) is 13.0. The lowest BCUT2D eigenvalue weighted by molar-refractivity contribution is 0.340. The summed E-state index contributed by atoms with van der Waals surface area (Å²) < 4.78 is 18.9. The Balaban J connectivity index is 1.55. The van der Waals surface area contributed by atoms with Crippen LogP contribution in [0, 0.1) is 5.82 Å². The average molecular weight is 312 g/mol. The molecule has 3 nitrogen and oxygen atoms in total. The van der Waals surface area contributed by atoms with Gasteiger partial charge in [-0.2, -0.15) is 0 Å². The summed E-state index contributed by atoms with van der Waals surface area (Å²) >= 11 is 0. The van der Waals surface area contributed by atoms with Crippen molar-refractivity contribution < 1.29 is 9.13 Å². The lowest BCUT2D eigenvalue weighted by Crippen LogP contribution is -2.16. The van der Waals surface area contributed by atoms with Crippen molar-refractivity contribution in [2.24, 2.45) is 0 Å². The van der Waals surface area contributed by atoms with E-state index in [1.807, 2.05) is 25.3 Å². The number of hydrogen-bond donors (Lipinski definition) is 2. The Bertz CT molecular complexity index is 782. The number of ether oxygens (including phenoxy) is 1. The van der Waals surface area contributed by atoms with Gasteiger partial charge in [-0.1, -0.05) is 12.1 Å². The predicted octanol–water partition coefficient (Wildman–Crippen LogP) is 4.04. The molecule has 0 aliphatic rings. The number of nitrogens with one attached hydrogen (secondary N) is 2. The Kier molecular flexibility index (Phi) is 4.93. The number of halogens is 1. The Hall–Kier alpha value is -2.33. The van der Waals surface area contributed by atoms with E-state index in [0.29, 0.717) is 6.61 Å². The Morgan fingerprint density at radius 3 is 2.96 bits per heavy atom. The summed E-state index contributed by atoms with van der Waals surface area (Å²) in [6.07, 6.45) is 2.82. The number of fused-ring (bicyclic) bond motifs is 1. The van der Waals surface area contributed by atoms with Crippen molar-refractivity contribution in [3.8, 4) is 5.75 Å². The molecule has 1 heterocycles. The first-order valence-corrected chi connectivity index (χ1v) is 7.94. The van der Waals surface area contributed by atoms with Gasteiger partial charge in [-0.05, 0) is 61.3 Å². The van der Waals surface area contributed by atoms with Crippen molar-refractivity contribution in [2.45, 2.75) is 19.9 Å². The number of aromatic amines is 1. The van der Waals surface area contributed by atoms with Crippen LogP contribution in [0.5, 0.6) is 5.75 Å². The Labute approximate surface area is 135 Å². The van der Waals surface area contributed by atoms with Crippen molar-refractivity contribution >= 4 is 10.9 Å². The number of hydrogen-bond acceptors (Lipinski definition) is 2. The number of aromatic nitrogens is 1. The lowest BCUT2D eigenvalue weighted by atomic mass is 10.1. The fraction of sp³-hybridized carbons (Fsp3) is 0.263. The molecule has 3 rings (SSSR count). The van der Waals surface area contributed by atoms with Gasteiger partial charge in [0.25, 0.3) is 0 Å². The highest BCUT2D eigenvalue weighted by molar-refractivity contribution is 5.83. The van der Waals surface area contributed by atoms with Crippen LogP contribution >= 0.6 is 0 Å². The SMILES string of the molecule is CCOc1cccc(CNCCc2c[nH]c3ccc(F)cc23)c1. The molecule has 120 valence electrons. The monoisotopic (exact) mass is 312 g/mol. The maximum absolute atomic E-state index is 13.4. The lowest BCUT2D eigenvalue weighted by Gasteiger charge is -2.07. The molecule has 23 heavy (non-hydrogen) atoms. The number of benzene rings is 2. The summed E-state index contributed by atoms with van der Waals surface area (Å²) in [5.41, 5.74) is 3.31. The molecule has 0 saturated carbocycles. The van der Waals surface area contributed by atoms with E-state index in [-0.39, 0.29) is 5.82 Å². The minimum atomic E-state index is -0.195. The van der Waals surface area contributed by atoms with Gasteiger partial charge in [-0.25, -0.2) is 4.39 Å². The molecular weight excluding hydrogens is 291 g/mol. The van der Waals surface area contributed by atoms with E-state index in [0.717, 1.165) is 41.7 Å². The molecule has 4 heteroatoms. The molecule has 0 aliphatic carbocycles. The third kappa shape index (κ3) is 3.90. The number of rotatable bonds is 7. The summed E-state index contributed by atoms with van der Waals surface area (Å²) in [5.74, 6) is 0.706. The van der Waals surface area contributed by atoms with Crippen LogP contribution < -0.4 is 10.1 Å². The van der Waals surface area contributed by atoms with E-state index in [1.54, 1.807) is 12.1 Å². The predicted molar refractivity (Wildman–Crippen MR) is 91.3 cm³/mol. The zero-order chi connectivity index (χ0) is 16.1. The van der Waals surface area contributed by atoms with Crippen LogP contribution in [-0.2, 0) is 13.0 Å². The van der Waals surface area contributed by atoms with Gasteiger partial charge in [-0.3, -0.25) is 0 Å². The number of H-pyrrole nitrogens is 1. The first-order chi connectivity index (χ1) is 11.3. The van der Waals surface area contributed by atoms with Crippen LogP contribution in [0.15, 0.2) is 48.7 Å². The van der Waals surface area contributed by atoms with Gasteiger partial charge >= 0.3 is 0 Å². The molecule has 1 aromatic heterocycles. The van der Waals surface area contributed by atoms with Crippen LogP contribution in [0.3, 0.4) is 0 Å². The van der Waals surface area contributed by atoms with E-state index in [9.17, 15) is 4.39 Å². The Morgan fingerprint density at radius 1 is 1.17 bits per heavy atom. The molecule has 0 bridgehead atoms. The summed E-state index contributed by atoms with van der Waals surface area (Å²) in [6.45, 7) is 4.28. The fourth-order valence-electron chi connectivity index (χ4n) is 2.73. The van der Waals surface area contributed by atoms with E-state index >= 15 is 0 Å². The smallest absolute Gasteiger partial charge is 0.123 e. The van der Waals surface area contributed by atoms with Crippen molar-refractivity contribution in [1.29, 1.82) is 0 Å². The molecule has 2 aromatic carbocycles. The maximum atomic E-state index is 13.4. The van der Waals surface area contributed by atoms with Gasteiger partial charge in [0, 0.05) is 23.6 Å². The van der Waals surface area contributed by atoms with Gasteiger partial charge in [-0.15, -0.1) is 0 Å². The highest BCUT2D eigenvalue weighted by Gasteiger charge is 2.04. The highest BCUT2D eigenvalue weighted by atomic mass is 19.1. The van der Waals surface area contributed by atoms with Crippen molar-refractivity contribution in [3.63, 3.8) is 0 Å². The molecule has 0 saturated heterocycles. The zero-order valence-electron chi connectivity index (χ0n) is 13.2. The molecule has 0 spiro atoms. The largest absolute Gasteiger partial charge is 0.494 e. The molecule has 2 N–H and O–H groups in total. The third-order valence-electron chi connectivity index (χ3n) is 3.84. The molecule has 0 atom stereocenters. The quantitative estimate of drug-likeness (QED) is 0.646. The van der Waals surface area contributed by atoms with Crippen LogP contribution in [0.25, 0.3) is 10.9 Å². The molecule has 0 fully saturated rings. The second-order valence-electron chi connectivity index (χ2n) is 5.51. The molecule has 0 unspecified atom stereocenters. The third-order valence-corrected chi connectivity index (χ3v) is 3.84. The highest BCUT2D eigenvalue weighted by Crippen LogP contribution is 2.19. The van der Waals surface area contributed by atoms with E-state index < -0.39 is 0 Å². The molecule has 0 aliphatic heterocycles. The summed E-state index contributed by atoms with van der Waals surface area (Å²) in [4.78, 5) is 3.18. The first kappa shape index (κ1) is 15.6. The van der Waals surface area contributed by atoms with Crippen molar-refractivity contribution in [3.05, 3.63) is 65.6 Å². The van der Waals surface area contributed by atoms with Gasteiger partial charge < -0.3 is 15.0 Å². The minimum absolute atomic E-state index is 0.195. The minimum Gasteiger partial charge on any atom is -0.494 e. The fourth-order valence-corrected chi connectivity index (χ4v) is 2.73. The Morgan fingerprint density at radius 2 is 2.09 bits per heavy atom. The molecular formula is C19H21FN2O. The summed E-state index contributed by atoms with van der Waals surface area (Å²) in [5, 5.41) is 4.39. The van der Waals surface area contributed by atoms with Crippen LogP contribution in [0.2, 0.25) is 0 Å². The second-order valence-corrected chi connectivity index (χ2v) is 5.51. The molecule has 0 amide bonds. The van der Waals surface area contributed by atoms with Crippen molar-refractivity contribution in [1.82, 2.24) is 10.3 Å². The second kappa shape index (κ2) is 7.29. The normalized spacial score (nSPS) is 11.0. The molecule has 3 aromatic rings. The van der Waals surface area contributed by atoms with Gasteiger partial charge in [0.15, 0.2) is 0 Å². The summed E-state index contributed by atoms with van der Waals surface area (Å²) in [7, 11) is 0. The molecule has 0 radical (unpaired) electrons. The van der Waals surface area contributed by atoms with Crippen LogP contribution in [0.1, 0.15) is 18.1 Å². The van der Waals surface area contributed by atoms with E-state index in [4.69, 9.17) is 4.74 Å². The zero-order valence-corrected chi connectivity index (χ0v) is 13.2. The van der Waals surface area contributed by atoms with Gasteiger partial charge in [0.2, 0.25) is 0 Å². The van der Waals surface area contributed by atoms with Crippen LogP contribution in [0.4, 0.5) is 4.39 Å². The van der Waals surface area contributed by atoms with E-state index in [2.05, 4.69) is 22.4 Å². The maximum Gasteiger partial charge on any atom is 0.123 e. The first-order valence-electron chi connectivity index (χ1n) is 7.94. The van der Waals surface area contributed by atoms with Crippen LogP contribution in [-0.4, -0.2) is 18.1 Å². The standard InChI is InChI=1S/C19H21FN2O/c1-2-23-17-5-3-4-14(10-17)12-21-9-8-15-13-22-19-7-6-16(20)11-18(15)19/h3-7,10-11,13,21-22H,2,8-9,12H2,1H3. The van der Waals surface area contributed by atoms with Gasteiger partial charge in [0.05, 0.1) is 6.61 Å². The average Bonchev–Trinajstić information content (AvgIpc) is 2.95. The van der Waals surface area contributed by atoms with E-state index in [1.165, 1.54) is 11.6 Å². The van der Waals surface area contributed by atoms with Gasteiger partial charge in [0.1, 0.15) is 11.6 Å². The van der Waals surface area contributed by atoms with Crippen molar-refractivity contribution in [2.75, 3.05) is 13.2 Å². The topological polar surface area (TPSA) is 37.0 Å².